The molecule has 0 atom stereocenters. The second-order valence-electron chi connectivity index (χ2n) is 3.41. The Labute approximate surface area is 106 Å². The molecule has 1 aromatic carbocycles. The third kappa shape index (κ3) is 2.45. The highest BCUT2D eigenvalue weighted by Crippen LogP contribution is 2.31. The zero-order chi connectivity index (χ0) is 11.5. The summed E-state index contributed by atoms with van der Waals surface area (Å²) in [6.45, 7) is 0.757. The van der Waals surface area contributed by atoms with Gasteiger partial charge in [-0.15, -0.1) is 0 Å². The highest BCUT2D eigenvalue weighted by Gasteiger charge is 2.12. The number of halogens is 1. The Morgan fingerprint density at radius 3 is 2.50 bits per heavy atom. The van der Waals surface area contributed by atoms with E-state index in [2.05, 4.69) is 12.1 Å². The first-order chi connectivity index (χ1) is 7.68. The molecule has 0 N–H and O–H groups in total. The second-order valence-corrected chi connectivity index (χ2v) is 5.88. The quantitative estimate of drug-likeness (QED) is 0.797. The van der Waals surface area contributed by atoms with Crippen LogP contribution in [0.5, 0.6) is 0 Å². The Kier molecular flexibility index (Phi) is 3.63. The van der Waals surface area contributed by atoms with Crippen molar-refractivity contribution in [3.63, 3.8) is 0 Å². The molecule has 0 unspecified atom stereocenters. The van der Waals surface area contributed by atoms with Crippen LogP contribution in [0.4, 0.5) is 5.00 Å². The van der Waals surface area contributed by atoms with Gasteiger partial charge in [-0.2, -0.15) is 0 Å². The summed E-state index contributed by atoms with van der Waals surface area (Å²) in [5, 5.41) is 1.19. The van der Waals surface area contributed by atoms with Crippen LogP contribution in [0, 0.1) is 0 Å². The van der Waals surface area contributed by atoms with Gasteiger partial charge in [-0.25, -0.2) is 0 Å². The van der Waals surface area contributed by atoms with Gasteiger partial charge in [-0.1, -0.05) is 52.3 Å². The van der Waals surface area contributed by atoms with E-state index >= 15 is 0 Å². The highest BCUT2D eigenvalue weighted by atomic mass is 35.5. The van der Waals surface area contributed by atoms with Gasteiger partial charge in [-0.05, 0) is 15.9 Å². The Morgan fingerprint density at radius 2 is 1.94 bits per heavy atom. The fraction of sp³-hybridized carbons (Fsp3) is 0.182. The summed E-state index contributed by atoms with van der Waals surface area (Å²) in [7, 11) is 4.55. The maximum Gasteiger partial charge on any atom is 0.263 e. The van der Waals surface area contributed by atoms with Gasteiger partial charge in [0, 0.05) is 13.6 Å². The Bertz CT molecular complexity index is 520. The molecule has 2 nitrogen and oxygen atoms in total. The maximum atomic E-state index is 11.3. The fourth-order valence-corrected chi connectivity index (χ4v) is 4.14. The maximum absolute atomic E-state index is 11.3. The van der Waals surface area contributed by atoms with Crippen molar-refractivity contribution in [1.82, 2.24) is 0 Å². The van der Waals surface area contributed by atoms with Gasteiger partial charge in [0.05, 0.1) is 0 Å². The van der Waals surface area contributed by atoms with Crippen LogP contribution in [0.3, 0.4) is 0 Å². The van der Waals surface area contributed by atoms with E-state index in [1.54, 1.807) is 0 Å². The van der Waals surface area contributed by atoms with Gasteiger partial charge in [0.2, 0.25) is 0 Å². The van der Waals surface area contributed by atoms with Crippen molar-refractivity contribution in [2.24, 2.45) is 0 Å². The van der Waals surface area contributed by atoms with Crippen molar-refractivity contribution in [2.75, 3.05) is 11.9 Å². The fourth-order valence-electron chi connectivity index (χ4n) is 1.40. The molecule has 1 heterocycles. The molecular formula is C11H10ClNOS2. The van der Waals surface area contributed by atoms with E-state index in [4.69, 9.17) is 11.6 Å². The van der Waals surface area contributed by atoms with E-state index in [1.165, 1.54) is 26.2 Å². The summed E-state index contributed by atoms with van der Waals surface area (Å²) in [6.07, 6.45) is 0. The number of hydrogen-bond acceptors (Lipinski definition) is 4. The van der Waals surface area contributed by atoms with E-state index in [0.717, 1.165) is 11.5 Å². The zero-order valence-corrected chi connectivity index (χ0v) is 11.0. The molecule has 0 amide bonds. The van der Waals surface area contributed by atoms with Gasteiger partial charge in [0.15, 0.2) is 0 Å². The summed E-state index contributed by atoms with van der Waals surface area (Å²) >= 11 is 5.94. The molecule has 0 saturated heterocycles. The summed E-state index contributed by atoms with van der Waals surface area (Å²) in [4.78, 5) is 13.3. The smallest absolute Gasteiger partial charge is 0.263 e. The largest absolute Gasteiger partial charge is 0.360 e. The second kappa shape index (κ2) is 4.99. The Hall–Kier alpha value is -0.840. The number of benzene rings is 1. The van der Waals surface area contributed by atoms with E-state index in [1.807, 2.05) is 30.1 Å². The first-order valence-corrected chi connectivity index (χ1v) is 7.25. The number of nitrogens with zero attached hydrogens (tertiary/aromatic N) is 1. The van der Waals surface area contributed by atoms with Crippen LogP contribution >= 0.6 is 32.3 Å². The third-order valence-corrected chi connectivity index (χ3v) is 5.04. The molecule has 0 saturated carbocycles. The van der Waals surface area contributed by atoms with Crippen LogP contribution in [-0.4, -0.2) is 7.05 Å². The monoisotopic (exact) mass is 271 g/mol. The molecular weight excluding hydrogens is 262 g/mol. The van der Waals surface area contributed by atoms with Gasteiger partial charge in [-0.3, -0.25) is 4.79 Å². The molecule has 5 heteroatoms. The van der Waals surface area contributed by atoms with E-state index < -0.39 is 0 Å². The lowest BCUT2D eigenvalue weighted by atomic mass is 10.2. The molecule has 0 bridgehead atoms. The molecule has 84 valence electrons. The SMILES string of the molecule is CN(Cc1ccccc1)c1ssc(=O)c1Cl. The van der Waals surface area contributed by atoms with Crippen LogP contribution in [-0.2, 0) is 6.54 Å². The number of hydrogen-bond donors (Lipinski definition) is 0. The summed E-state index contributed by atoms with van der Waals surface area (Å²) in [5.41, 5.74) is 1.20. The Morgan fingerprint density at radius 1 is 1.25 bits per heavy atom. The normalized spacial score (nSPS) is 10.4. The molecule has 2 aromatic rings. The molecule has 0 aliphatic carbocycles. The first kappa shape index (κ1) is 11.6. The summed E-state index contributed by atoms with van der Waals surface area (Å²) in [5.74, 6) is 0. The minimum atomic E-state index is -0.0541. The predicted octanol–water partition coefficient (Wildman–Crippen LogP) is 3.46. The summed E-state index contributed by atoms with van der Waals surface area (Å²) in [6, 6.07) is 10.1. The van der Waals surface area contributed by atoms with E-state index in [9.17, 15) is 4.79 Å². The number of anilines is 1. The average Bonchev–Trinajstić information content (AvgIpc) is 2.61. The molecule has 0 aliphatic rings. The van der Waals surface area contributed by atoms with Gasteiger partial charge < -0.3 is 4.90 Å². The minimum Gasteiger partial charge on any atom is -0.360 e. The average molecular weight is 272 g/mol. The van der Waals surface area contributed by atoms with Crippen molar-refractivity contribution in [3.8, 4) is 0 Å². The standard InChI is InChI=1S/C11H10ClNOS2/c1-13(7-8-5-3-2-4-6-8)10-9(12)11(14)16-15-10/h2-6H,7H2,1H3. The number of rotatable bonds is 3. The zero-order valence-electron chi connectivity index (χ0n) is 8.64. The highest BCUT2D eigenvalue weighted by molar-refractivity contribution is 7.70. The van der Waals surface area contributed by atoms with Gasteiger partial charge in [0.1, 0.15) is 10.0 Å². The van der Waals surface area contributed by atoms with Crippen LogP contribution in [0.1, 0.15) is 5.56 Å². The van der Waals surface area contributed by atoms with Crippen molar-refractivity contribution >= 4 is 37.3 Å². The molecule has 0 spiro atoms. The van der Waals surface area contributed by atoms with Crippen molar-refractivity contribution in [2.45, 2.75) is 6.54 Å². The van der Waals surface area contributed by atoms with Crippen LogP contribution < -0.4 is 9.64 Å². The van der Waals surface area contributed by atoms with Gasteiger partial charge in [0.25, 0.3) is 4.74 Å². The van der Waals surface area contributed by atoms with E-state index in [0.29, 0.717) is 5.02 Å². The topological polar surface area (TPSA) is 20.3 Å². The minimum absolute atomic E-state index is 0.0541. The molecule has 16 heavy (non-hydrogen) atoms. The van der Waals surface area contributed by atoms with Crippen LogP contribution in [0.2, 0.25) is 5.02 Å². The molecule has 0 radical (unpaired) electrons. The van der Waals surface area contributed by atoms with Gasteiger partial charge >= 0.3 is 0 Å². The van der Waals surface area contributed by atoms with E-state index in [-0.39, 0.29) is 4.74 Å². The molecule has 0 fully saturated rings. The lowest BCUT2D eigenvalue weighted by Gasteiger charge is -2.16. The predicted molar refractivity (Wildman–Crippen MR) is 72.0 cm³/mol. The van der Waals surface area contributed by atoms with Crippen molar-refractivity contribution < 1.29 is 0 Å². The lowest BCUT2D eigenvalue weighted by molar-refractivity contribution is 0.935. The summed E-state index contributed by atoms with van der Waals surface area (Å²) < 4.78 is -0.0541. The molecule has 1 aromatic heterocycles. The first-order valence-electron chi connectivity index (χ1n) is 4.72. The molecule has 2 rings (SSSR count). The lowest BCUT2D eigenvalue weighted by Crippen LogP contribution is -2.15. The van der Waals surface area contributed by atoms with Crippen molar-refractivity contribution in [1.29, 1.82) is 0 Å². The molecule has 0 aliphatic heterocycles. The van der Waals surface area contributed by atoms with Crippen molar-refractivity contribution in [3.05, 3.63) is 50.5 Å². The van der Waals surface area contributed by atoms with Crippen LogP contribution in [0.25, 0.3) is 0 Å². The van der Waals surface area contributed by atoms with Crippen LogP contribution in [0.15, 0.2) is 35.1 Å². The third-order valence-electron chi connectivity index (χ3n) is 2.17. The Balaban J connectivity index is 2.18.